The monoisotopic (exact) mass is 295 g/mol. The number of hydrogen-bond acceptors (Lipinski definition) is 4. The molecule has 0 fully saturated rings. The van der Waals surface area contributed by atoms with Crippen molar-refractivity contribution in [3.8, 4) is 5.75 Å². The summed E-state index contributed by atoms with van der Waals surface area (Å²) in [6, 6.07) is 7.65. The van der Waals surface area contributed by atoms with Crippen molar-refractivity contribution in [3.05, 3.63) is 64.0 Å². The summed E-state index contributed by atoms with van der Waals surface area (Å²) in [6.45, 7) is 4.28. The van der Waals surface area contributed by atoms with Crippen LogP contribution in [0.3, 0.4) is 0 Å². The number of pyridine rings is 1. The van der Waals surface area contributed by atoms with E-state index in [0.717, 1.165) is 22.6 Å². The topological polar surface area (TPSA) is 57.0 Å². The molecule has 3 rings (SSSR count). The number of rotatable bonds is 3. The van der Waals surface area contributed by atoms with Crippen LogP contribution in [0.5, 0.6) is 5.75 Å². The van der Waals surface area contributed by atoms with Gasteiger partial charge in [-0.1, -0.05) is 12.1 Å². The third-order valence-corrected chi connectivity index (χ3v) is 3.71. The molecule has 0 spiro atoms. The van der Waals surface area contributed by atoms with Crippen molar-refractivity contribution >= 4 is 10.9 Å². The number of ether oxygens (including phenoxy) is 1. The van der Waals surface area contributed by atoms with Crippen molar-refractivity contribution in [1.29, 1.82) is 0 Å². The number of fused-ring (bicyclic) bond motifs is 1. The Morgan fingerprint density at radius 1 is 1.18 bits per heavy atom. The second-order valence-corrected chi connectivity index (χ2v) is 5.29. The zero-order valence-corrected chi connectivity index (χ0v) is 12.8. The van der Waals surface area contributed by atoms with Crippen LogP contribution in [0.4, 0.5) is 0 Å². The molecule has 2 aromatic heterocycles. The minimum Gasteiger partial charge on any atom is -0.496 e. The first-order chi connectivity index (χ1) is 10.6. The van der Waals surface area contributed by atoms with Gasteiger partial charge in [-0.25, -0.2) is 4.98 Å². The Morgan fingerprint density at radius 2 is 2.00 bits per heavy atom. The van der Waals surface area contributed by atoms with Gasteiger partial charge in [-0.05, 0) is 31.5 Å². The maximum atomic E-state index is 12.6. The van der Waals surface area contributed by atoms with Gasteiger partial charge in [0, 0.05) is 11.8 Å². The zero-order chi connectivity index (χ0) is 15.7. The Kier molecular flexibility index (Phi) is 3.63. The standard InChI is InChI=1S/C17H17N3O2/c1-11-4-5-13(15(8-11)22-3)9-20-10-19-16-12(2)18-7-6-14(16)17(20)21/h4-8,10H,9H2,1-3H3. The molecule has 0 aliphatic heterocycles. The van der Waals surface area contributed by atoms with E-state index in [-0.39, 0.29) is 5.56 Å². The van der Waals surface area contributed by atoms with Gasteiger partial charge in [-0.15, -0.1) is 0 Å². The summed E-state index contributed by atoms with van der Waals surface area (Å²) in [5.41, 5.74) is 3.40. The average molecular weight is 295 g/mol. The van der Waals surface area contributed by atoms with E-state index in [2.05, 4.69) is 9.97 Å². The lowest BCUT2D eigenvalue weighted by atomic mass is 10.1. The van der Waals surface area contributed by atoms with Gasteiger partial charge in [0.05, 0.1) is 36.6 Å². The molecule has 0 amide bonds. The SMILES string of the molecule is COc1cc(C)ccc1Cn1cnc2c(C)nccc2c1=O. The average Bonchev–Trinajstić information content (AvgIpc) is 2.52. The molecular formula is C17H17N3O2. The van der Waals surface area contributed by atoms with Crippen LogP contribution in [0, 0.1) is 13.8 Å². The molecule has 0 aliphatic rings. The number of aromatic nitrogens is 3. The van der Waals surface area contributed by atoms with Crippen LogP contribution < -0.4 is 10.3 Å². The fourth-order valence-electron chi connectivity index (χ4n) is 2.51. The molecule has 0 atom stereocenters. The summed E-state index contributed by atoms with van der Waals surface area (Å²) in [6.07, 6.45) is 3.20. The summed E-state index contributed by atoms with van der Waals surface area (Å²) >= 11 is 0. The van der Waals surface area contributed by atoms with E-state index >= 15 is 0 Å². The largest absolute Gasteiger partial charge is 0.496 e. The van der Waals surface area contributed by atoms with Gasteiger partial charge in [-0.2, -0.15) is 0 Å². The highest BCUT2D eigenvalue weighted by molar-refractivity contribution is 5.78. The maximum absolute atomic E-state index is 12.6. The van der Waals surface area contributed by atoms with Crippen LogP contribution in [0.1, 0.15) is 16.8 Å². The third-order valence-electron chi connectivity index (χ3n) is 3.71. The lowest BCUT2D eigenvalue weighted by Crippen LogP contribution is -2.21. The first kappa shape index (κ1) is 14.3. The highest BCUT2D eigenvalue weighted by Crippen LogP contribution is 2.20. The lowest BCUT2D eigenvalue weighted by molar-refractivity contribution is 0.407. The Bertz CT molecular complexity index is 900. The molecule has 5 heteroatoms. The number of nitrogens with zero attached hydrogens (tertiary/aromatic N) is 3. The normalized spacial score (nSPS) is 10.9. The predicted octanol–water partition coefficient (Wildman–Crippen LogP) is 2.47. The first-order valence-corrected chi connectivity index (χ1v) is 7.04. The van der Waals surface area contributed by atoms with Crippen molar-refractivity contribution in [2.75, 3.05) is 7.11 Å². The van der Waals surface area contributed by atoms with E-state index in [9.17, 15) is 4.79 Å². The molecule has 22 heavy (non-hydrogen) atoms. The van der Waals surface area contributed by atoms with Crippen molar-refractivity contribution in [3.63, 3.8) is 0 Å². The molecule has 3 aromatic rings. The number of hydrogen-bond donors (Lipinski definition) is 0. The van der Waals surface area contributed by atoms with Crippen molar-refractivity contribution in [2.24, 2.45) is 0 Å². The quantitative estimate of drug-likeness (QED) is 0.745. The number of aryl methyl sites for hydroxylation is 2. The second-order valence-electron chi connectivity index (χ2n) is 5.29. The summed E-state index contributed by atoms with van der Waals surface area (Å²) < 4.78 is 6.99. The van der Waals surface area contributed by atoms with Crippen LogP contribution in [0.25, 0.3) is 10.9 Å². The van der Waals surface area contributed by atoms with Crippen molar-refractivity contribution < 1.29 is 4.74 Å². The van der Waals surface area contributed by atoms with E-state index in [1.807, 2.05) is 32.0 Å². The predicted molar refractivity (Wildman–Crippen MR) is 85.4 cm³/mol. The van der Waals surface area contributed by atoms with E-state index < -0.39 is 0 Å². The van der Waals surface area contributed by atoms with Crippen LogP contribution in [0.15, 0.2) is 41.6 Å². The molecule has 0 N–H and O–H groups in total. The zero-order valence-electron chi connectivity index (χ0n) is 12.8. The van der Waals surface area contributed by atoms with Gasteiger partial charge in [-0.3, -0.25) is 14.3 Å². The highest BCUT2D eigenvalue weighted by atomic mass is 16.5. The second kappa shape index (κ2) is 5.60. The van der Waals surface area contributed by atoms with Crippen molar-refractivity contribution in [2.45, 2.75) is 20.4 Å². The van der Waals surface area contributed by atoms with Gasteiger partial charge >= 0.3 is 0 Å². The Labute approximate surface area is 128 Å². The van der Waals surface area contributed by atoms with Gasteiger partial charge in [0.2, 0.25) is 0 Å². The number of methoxy groups -OCH3 is 1. The van der Waals surface area contributed by atoms with Crippen LogP contribution in [0.2, 0.25) is 0 Å². The van der Waals surface area contributed by atoms with Gasteiger partial charge in [0.25, 0.3) is 5.56 Å². The maximum Gasteiger partial charge on any atom is 0.261 e. The van der Waals surface area contributed by atoms with E-state index in [4.69, 9.17) is 4.74 Å². The summed E-state index contributed by atoms with van der Waals surface area (Å²) in [5, 5.41) is 0.584. The molecule has 0 unspecified atom stereocenters. The molecule has 2 heterocycles. The highest BCUT2D eigenvalue weighted by Gasteiger charge is 2.09. The molecule has 0 bridgehead atoms. The molecule has 0 aliphatic carbocycles. The number of benzene rings is 1. The summed E-state index contributed by atoms with van der Waals surface area (Å²) in [5.74, 6) is 0.776. The van der Waals surface area contributed by atoms with Crippen molar-refractivity contribution in [1.82, 2.24) is 14.5 Å². The lowest BCUT2D eigenvalue weighted by Gasteiger charge is -2.11. The molecule has 5 nitrogen and oxygen atoms in total. The van der Waals surface area contributed by atoms with Gasteiger partial charge < -0.3 is 4.74 Å². The van der Waals surface area contributed by atoms with E-state index in [1.54, 1.807) is 30.3 Å². The smallest absolute Gasteiger partial charge is 0.261 e. The molecule has 0 saturated carbocycles. The summed E-state index contributed by atoms with van der Waals surface area (Å²) in [4.78, 5) is 21.1. The molecule has 0 saturated heterocycles. The first-order valence-electron chi connectivity index (χ1n) is 7.04. The molecular weight excluding hydrogens is 278 g/mol. The molecule has 1 aromatic carbocycles. The third kappa shape index (κ3) is 2.45. The van der Waals surface area contributed by atoms with Crippen LogP contribution in [-0.2, 0) is 6.54 Å². The van der Waals surface area contributed by atoms with E-state index in [1.165, 1.54) is 0 Å². The van der Waals surface area contributed by atoms with Crippen LogP contribution >= 0.6 is 0 Å². The Hall–Kier alpha value is -2.69. The van der Waals surface area contributed by atoms with Gasteiger partial charge in [0.15, 0.2) is 0 Å². The van der Waals surface area contributed by atoms with Crippen LogP contribution in [-0.4, -0.2) is 21.6 Å². The minimum absolute atomic E-state index is 0.0712. The molecule has 0 radical (unpaired) electrons. The van der Waals surface area contributed by atoms with Gasteiger partial charge in [0.1, 0.15) is 5.75 Å². The summed E-state index contributed by atoms with van der Waals surface area (Å²) in [7, 11) is 1.63. The van der Waals surface area contributed by atoms with E-state index in [0.29, 0.717) is 17.4 Å². The Balaban J connectivity index is 2.09. The minimum atomic E-state index is -0.0712. The fraction of sp³-hybridized carbons (Fsp3) is 0.235. The Morgan fingerprint density at radius 3 is 2.77 bits per heavy atom. The fourth-order valence-corrected chi connectivity index (χ4v) is 2.51. The molecule has 112 valence electrons.